The normalized spacial score (nSPS) is 28.9. The topological polar surface area (TPSA) is 55.4 Å². The summed E-state index contributed by atoms with van der Waals surface area (Å²) in [6.07, 6.45) is 9.98. The Bertz CT molecular complexity index is 1660. The van der Waals surface area contributed by atoms with E-state index in [1.54, 1.807) is 0 Å². The maximum atomic E-state index is 7.90. The molecule has 4 aliphatic rings. The van der Waals surface area contributed by atoms with Crippen molar-refractivity contribution >= 4 is 6.92 Å². The molecule has 4 fully saturated rings. The maximum Gasteiger partial charge on any atom is 0.332 e. The van der Waals surface area contributed by atoms with Crippen LogP contribution in [0, 0.1) is 5.92 Å². The Hall–Kier alpha value is -3.30. The van der Waals surface area contributed by atoms with Crippen molar-refractivity contribution in [2.45, 2.75) is 132 Å². The smallest absolute Gasteiger partial charge is 0.332 e. The van der Waals surface area contributed by atoms with Gasteiger partial charge in [-0.15, -0.1) is 0 Å². The molecule has 3 saturated heterocycles. The predicted octanol–water partition coefficient (Wildman–Crippen LogP) is 9.94. The van der Waals surface area contributed by atoms with Crippen molar-refractivity contribution < 1.29 is 28.3 Å². The van der Waals surface area contributed by atoms with Crippen LogP contribution in [0.2, 0.25) is 5.82 Å². The van der Waals surface area contributed by atoms with Crippen LogP contribution in [-0.4, -0.2) is 49.5 Å². The molecule has 54 heavy (non-hydrogen) atoms. The van der Waals surface area contributed by atoms with E-state index in [0.29, 0.717) is 38.9 Å². The molecule has 0 aromatic heterocycles. The molecule has 1 saturated carbocycles. The van der Waals surface area contributed by atoms with Crippen molar-refractivity contribution in [3.63, 3.8) is 0 Å². The summed E-state index contributed by atoms with van der Waals surface area (Å²) in [6, 6.07) is 41.9. The molecule has 7 heteroatoms. The summed E-state index contributed by atoms with van der Waals surface area (Å²) in [5, 5.41) is 0. The first kappa shape index (κ1) is 37.6. The van der Waals surface area contributed by atoms with E-state index in [1.807, 2.05) is 12.1 Å². The average Bonchev–Trinajstić information content (AvgIpc) is 3.59. The van der Waals surface area contributed by atoms with E-state index >= 15 is 0 Å². The summed E-state index contributed by atoms with van der Waals surface area (Å²) in [6.45, 7) is 2.10. The van der Waals surface area contributed by atoms with Gasteiger partial charge in [0.1, 0.15) is 29.9 Å². The van der Waals surface area contributed by atoms with Gasteiger partial charge in [0.15, 0.2) is 0 Å². The van der Waals surface area contributed by atoms with Gasteiger partial charge < -0.3 is 28.3 Å². The Morgan fingerprint density at radius 3 is 1.54 bits per heavy atom. The van der Waals surface area contributed by atoms with Gasteiger partial charge in [-0.1, -0.05) is 160 Å². The molecule has 0 spiro atoms. The standard InChI is InChI=1S/C47H57BO6/c1-5-17-36(18-6-1)31-49-35-43-44(50-32-37-19-7-2-8-20-37)45(51-33-38-21-9-3-10-22-38)46(52-34-39-23-11-4-12-24-39)47(53-43,40-25-13-14-26-40)48-41-27-15-29-42(54-48)30-16-28-41/h1-12,17-24,40-46H,13-16,25-35H2/t41?,42?,43-,44-,45+,46-,47+/m1/s1. The van der Waals surface area contributed by atoms with E-state index in [0.717, 1.165) is 60.8 Å². The molecule has 284 valence electrons. The van der Waals surface area contributed by atoms with Crippen molar-refractivity contribution in [2.24, 2.45) is 5.92 Å². The first-order chi connectivity index (χ1) is 26.8. The van der Waals surface area contributed by atoms with Crippen LogP contribution >= 0.6 is 0 Å². The number of fused-ring (bicyclic) bond motifs is 3. The fraction of sp³-hybridized carbons (Fsp3) is 0.489. The fourth-order valence-corrected chi connectivity index (χ4v) is 9.84. The van der Waals surface area contributed by atoms with Gasteiger partial charge in [0.05, 0.1) is 33.0 Å². The third-order valence-corrected chi connectivity index (χ3v) is 12.4. The van der Waals surface area contributed by atoms with E-state index in [-0.39, 0.29) is 18.9 Å². The molecule has 0 radical (unpaired) electrons. The zero-order valence-electron chi connectivity index (χ0n) is 31.7. The number of ether oxygens (including phenoxy) is 5. The Labute approximate surface area is 323 Å². The Morgan fingerprint density at radius 2 is 1.00 bits per heavy atom. The van der Waals surface area contributed by atoms with Crippen molar-refractivity contribution in [1.82, 2.24) is 0 Å². The van der Waals surface area contributed by atoms with Crippen LogP contribution in [0.3, 0.4) is 0 Å². The Balaban J connectivity index is 1.23. The Kier molecular flexibility index (Phi) is 12.9. The Morgan fingerprint density at radius 1 is 0.519 bits per heavy atom. The first-order valence-corrected chi connectivity index (χ1v) is 20.7. The molecule has 0 amide bonds. The highest BCUT2D eigenvalue weighted by molar-refractivity contribution is 6.57. The van der Waals surface area contributed by atoms with E-state index in [2.05, 4.69) is 109 Å². The van der Waals surface area contributed by atoms with Crippen LogP contribution in [0.25, 0.3) is 0 Å². The minimum absolute atomic E-state index is 0.106. The van der Waals surface area contributed by atoms with Gasteiger partial charge in [-0.2, -0.15) is 0 Å². The van der Waals surface area contributed by atoms with E-state index in [4.69, 9.17) is 28.3 Å². The zero-order chi connectivity index (χ0) is 36.4. The van der Waals surface area contributed by atoms with E-state index in [1.165, 1.54) is 25.7 Å². The fourth-order valence-electron chi connectivity index (χ4n) is 9.84. The van der Waals surface area contributed by atoms with E-state index in [9.17, 15) is 0 Å². The molecule has 1 aliphatic carbocycles. The molecule has 3 aliphatic heterocycles. The lowest BCUT2D eigenvalue weighted by Crippen LogP contribution is -2.75. The molecule has 0 unspecified atom stereocenters. The second-order valence-corrected chi connectivity index (χ2v) is 16.0. The first-order valence-electron chi connectivity index (χ1n) is 20.7. The van der Waals surface area contributed by atoms with Crippen LogP contribution in [0.5, 0.6) is 0 Å². The van der Waals surface area contributed by atoms with Crippen LogP contribution < -0.4 is 0 Å². The molecular weight excluding hydrogens is 671 g/mol. The molecule has 0 N–H and O–H groups in total. The van der Waals surface area contributed by atoms with Gasteiger partial charge in [0.25, 0.3) is 0 Å². The highest BCUT2D eigenvalue weighted by atomic mass is 16.6. The third-order valence-electron chi connectivity index (χ3n) is 12.4. The number of rotatable bonds is 15. The molecule has 2 bridgehead atoms. The minimum Gasteiger partial charge on any atom is -0.430 e. The highest BCUT2D eigenvalue weighted by Crippen LogP contribution is 2.53. The lowest BCUT2D eigenvalue weighted by molar-refractivity contribution is -0.301. The number of hydrogen-bond acceptors (Lipinski definition) is 6. The predicted molar refractivity (Wildman–Crippen MR) is 213 cm³/mol. The van der Waals surface area contributed by atoms with Crippen LogP contribution in [0.15, 0.2) is 121 Å². The number of hydrogen-bond donors (Lipinski definition) is 0. The summed E-state index contributed by atoms with van der Waals surface area (Å²) < 4.78 is 43.7. The van der Waals surface area contributed by atoms with Gasteiger partial charge in [-0.25, -0.2) is 0 Å². The van der Waals surface area contributed by atoms with Crippen molar-refractivity contribution in [1.29, 1.82) is 0 Å². The highest BCUT2D eigenvalue weighted by Gasteiger charge is 2.67. The lowest BCUT2D eigenvalue weighted by atomic mass is 9.37. The van der Waals surface area contributed by atoms with Gasteiger partial charge >= 0.3 is 6.92 Å². The van der Waals surface area contributed by atoms with E-state index < -0.39 is 29.9 Å². The van der Waals surface area contributed by atoms with Crippen molar-refractivity contribution in [3.05, 3.63) is 144 Å². The maximum absolute atomic E-state index is 7.90. The van der Waals surface area contributed by atoms with Crippen LogP contribution in [0.4, 0.5) is 0 Å². The average molecular weight is 729 g/mol. The van der Waals surface area contributed by atoms with Gasteiger partial charge in [0, 0.05) is 6.10 Å². The molecule has 5 atom stereocenters. The largest absolute Gasteiger partial charge is 0.430 e. The van der Waals surface area contributed by atoms with Gasteiger partial charge in [-0.05, 0) is 59.7 Å². The molecule has 4 aromatic rings. The second kappa shape index (κ2) is 18.6. The van der Waals surface area contributed by atoms with Crippen LogP contribution in [0.1, 0.15) is 86.5 Å². The summed E-state index contributed by atoms with van der Waals surface area (Å²) in [7, 11) is 0. The SMILES string of the molecule is c1ccc(COC[C@H]2O[C@@](B3OC4CCCC3CCC4)(C3CCCC3)[C@H](OCc3ccccc3)[C@@H](OCc3ccccc3)[C@@H]2OCc2ccccc2)cc1. The number of benzene rings is 4. The second-order valence-electron chi connectivity index (χ2n) is 16.0. The third kappa shape index (κ3) is 8.88. The van der Waals surface area contributed by atoms with Gasteiger partial charge in [-0.3, -0.25) is 0 Å². The molecule has 8 rings (SSSR count). The molecule has 3 heterocycles. The quantitative estimate of drug-likeness (QED) is 0.114. The molecule has 6 nitrogen and oxygen atoms in total. The lowest BCUT2D eigenvalue weighted by Gasteiger charge is -2.58. The molecule has 4 aromatic carbocycles. The van der Waals surface area contributed by atoms with Crippen LogP contribution in [-0.2, 0) is 54.8 Å². The van der Waals surface area contributed by atoms with Crippen molar-refractivity contribution in [3.8, 4) is 0 Å². The summed E-state index contributed by atoms with van der Waals surface area (Å²) in [4.78, 5) is 0. The molecular formula is C47H57BO6. The minimum atomic E-state index is -0.738. The zero-order valence-corrected chi connectivity index (χ0v) is 31.7. The van der Waals surface area contributed by atoms with Gasteiger partial charge in [0.2, 0.25) is 0 Å². The monoisotopic (exact) mass is 728 g/mol. The van der Waals surface area contributed by atoms with Crippen molar-refractivity contribution in [2.75, 3.05) is 6.61 Å². The summed E-state index contributed by atoms with van der Waals surface area (Å²) in [5.74, 6) is 0.653. The summed E-state index contributed by atoms with van der Waals surface area (Å²) >= 11 is 0. The summed E-state index contributed by atoms with van der Waals surface area (Å²) in [5.41, 5.74) is 3.77.